The first-order valence-corrected chi connectivity index (χ1v) is 3.61. The standard InChI is InChI=1S/C8H13F2N/c1-3-4-5-6-7(11-2)8(9)10/h1,7-8,11H,4-6H2,2H3. The molecular formula is C8H13F2N. The van der Waals surface area contributed by atoms with E-state index in [0.717, 1.165) is 0 Å². The zero-order chi connectivity index (χ0) is 8.69. The van der Waals surface area contributed by atoms with Gasteiger partial charge in [0.15, 0.2) is 0 Å². The Morgan fingerprint density at radius 1 is 1.55 bits per heavy atom. The lowest BCUT2D eigenvalue weighted by Gasteiger charge is -2.13. The van der Waals surface area contributed by atoms with E-state index in [9.17, 15) is 8.78 Å². The number of hydrogen-bond donors (Lipinski definition) is 1. The Balaban J connectivity index is 3.46. The molecule has 11 heavy (non-hydrogen) atoms. The molecule has 3 heteroatoms. The second-order valence-electron chi connectivity index (χ2n) is 2.33. The van der Waals surface area contributed by atoms with Gasteiger partial charge in [0.1, 0.15) is 0 Å². The summed E-state index contributed by atoms with van der Waals surface area (Å²) in [6.45, 7) is 0. The third-order valence-corrected chi connectivity index (χ3v) is 1.51. The molecule has 1 unspecified atom stereocenters. The Labute approximate surface area is 66.2 Å². The predicted octanol–water partition coefficient (Wildman–Crippen LogP) is 1.64. The topological polar surface area (TPSA) is 12.0 Å². The van der Waals surface area contributed by atoms with Crippen molar-refractivity contribution in [3.05, 3.63) is 0 Å². The zero-order valence-corrected chi connectivity index (χ0v) is 6.61. The molecule has 0 rings (SSSR count). The minimum absolute atomic E-state index is 0.443. The van der Waals surface area contributed by atoms with Crippen molar-refractivity contribution in [1.82, 2.24) is 5.32 Å². The summed E-state index contributed by atoms with van der Waals surface area (Å²) in [6.07, 6.45) is 4.36. The quantitative estimate of drug-likeness (QED) is 0.477. The third-order valence-electron chi connectivity index (χ3n) is 1.51. The van der Waals surface area contributed by atoms with Crippen molar-refractivity contribution < 1.29 is 8.78 Å². The van der Waals surface area contributed by atoms with Crippen LogP contribution in [0.25, 0.3) is 0 Å². The van der Waals surface area contributed by atoms with Crippen LogP contribution in [0.3, 0.4) is 0 Å². The highest BCUT2D eigenvalue weighted by Crippen LogP contribution is 2.08. The summed E-state index contributed by atoms with van der Waals surface area (Å²) in [6, 6.07) is -0.705. The average Bonchev–Trinajstić information content (AvgIpc) is 1.97. The van der Waals surface area contributed by atoms with Crippen LogP contribution in [0.4, 0.5) is 8.78 Å². The maximum absolute atomic E-state index is 12.0. The Morgan fingerprint density at radius 3 is 2.55 bits per heavy atom. The van der Waals surface area contributed by atoms with Crippen LogP contribution in [0.1, 0.15) is 19.3 Å². The van der Waals surface area contributed by atoms with Gasteiger partial charge >= 0.3 is 0 Å². The van der Waals surface area contributed by atoms with E-state index in [4.69, 9.17) is 6.42 Å². The predicted molar refractivity (Wildman–Crippen MR) is 41.5 cm³/mol. The fourth-order valence-corrected chi connectivity index (χ4v) is 0.820. The van der Waals surface area contributed by atoms with Crippen LogP contribution in [0, 0.1) is 12.3 Å². The number of terminal acetylenes is 1. The van der Waals surface area contributed by atoms with Crippen LogP contribution in [0.5, 0.6) is 0 Å². The third kappa shape index (κ3) is 4.74. The second-order valence-corrected chi connectivity index (χ2v) is 2.33. The van der Waals surface area contributed by atoms with Crippen LogP contribution >= 0.6 is 0 Å². The highest BCUT2D eigenvalue weighted by molar-refractivity contribution is 4.84. The van der Waals surface area contributed by atoms with Gasteiger partial charge in [-0.25, -0.2) is 8.78 Å². The Bertz CT molecular complexity index is 129. The van der Waals surface area contributed by atoms with Crippen LogP contribution in [-0.2, 0) is 0 Å². The highest BCUT2D eigenvalue weighted by Gasteiger charge is 2.16. The minimum atomic E-state index is -2.29. The van der Waals surface area contributed by atoms with E-state index in [-0.39, 0.29) is 0 Å². The molecule has 0 bridgehead atoms. The lowest BCUT2D eigenvalue weighted by atomic mass is 10.1. The van der Waals surface area contributed by atoms with E-state index in [1.165, 1.54) is 7.05 Å². The van der Waals surface area contributed by atoms with Gasteiger partial charge in [0, 0.05) is 6.42 Å². The summed E-state index contributed by atoms with van der Waals surface area (Å²) in [5, 5.41) is 2.54. The van der Waals surface area contributed by atoms with Gasteiger partial charge in [-0.1, -0.05) is 0 Å². The summed E-state index contributed by atoms with van der Waals surface area (Å²) in [7, 11) is 1.53. The van der Waals surface area contributed by atoms with Gasteiger partial charge in [-0.15, -0.1) is 12.3 Å². The molecule has 0 aromatic heterocycles. The first-order valence-electron chi connectivity index (χ1n) is 3.61. The molecule has 0 spiro atoms. The van der Waals surface area contributed by atoms with E-state index in [1.54, 1.807) is 0 Å². The number of halogens is 2. The fraction of sp³-hybridized carbons (Fsp3) is 0.750. The molecule has 0 heterocycles. The second kappa shape index (κ2) is 6.11. The maximum atomic E-state index is 12.0. The molecule has 1 atom stereocenters. The molecule has 1 nitrogen and oxygen atoms in total. The van der Waals surface area contributed by atoms with E-state index in [0.29, 0.717) is 19.3 Å². The van der Waals surface area contributed by atoms with Gasteiger partial charge in [0.2, 0.25) is 0 Å². The van der Waals surface area contributed by atoms with Crippen LogP contribution in [0.2, 0.25) is 0 Å². The summed E-state index contributed by atoms with van der Waals surface area (Å²) in [5.41, 5.74) is 0. The Morgan fingerprint density at radius 2 is 2.18 bits per heavy atom. The van der Waals surface area contributed by atoms with Crippen molar-refractivity contribution in [2.45, 2.75) is 31.7 Å². The van der Waals surface area contributed by atoms with Gasteiger partial charge in [0.05, 0.1) is 6.04 Å². The van der Waals surface area contributed by atoms with Crippen LogP contribution in [-0.4, -0.2) is 19.5 Å². The minimum Gasteiger partial charge on any atom is -0.312 e. The Kier molecular flexibility index (Phi) is 5.77. The molecule has 0 aliphatic heterocycles. The van der Waals surface area contributed by atoms with Crippen LogP contribution < -0.4 is 5.32 Å². The van der Waals surface area contributed by atoms with E-state index in [1.807, 2.05) is 0 Å². The van der Waals surface area contributed by atoms with Gasteiger partial charge in [-0.05, 0) is 19.9 Å². The molecule has 0 aliphatic carbocycles. The smallest absolute Gasteiger partial charge is 0.253 e. The number of unbranched alkanes of at least 4 members (excludes halogenated alkanes) is 1. The first-order chi connectivity index (χ1) is 5.22. The van der Waals surface area contributed by atoms with Gasteiger partial charge in [0.25, 0.3) is 6.43 Å². The van der Waals surface area contributed by atoms with Crippen LogP contribution in [0.15, 0.2) is 0 Å². The number of nitrogens with one attached hydrogen (secondary N) is 1. The lowest BCUT2D eigenvalue weighted by Crippen LogP contribution is -2.32. The molecule has 0 fully saturated rings. The molecule has 64 valence electrons. The van der Waals surface area contributed by atoms with Crippen molar-refractivity contribution in [3.8, 4) is 12.3 Å². The van der Waals surface area contributed by atoms with Gasteiger partial charge in [-0.2, -0.15) is 0 Å². The number of alkyl halides is 2. The molecule has 0 saturated heterocycles. The average molecular weight is 161 g/mol. The molecule has 0 radical (unpaired) electrons. The van der Waals surface area contributed by atoms with E-state index >= 15 is 0 Å². The lowest BCUT2D eigenvalue weighted by molar-refractivity contribution is 0.0971. The van der Waals surface area contributed by atoms with Crippen molar-refractivity contribution in [2.75, 3.05) is 7.05 Å². The normalized spacial score (nSPS) is 13.0. The van der Waals surface area contributed by atoms with Gasteiger partial charge < -0.3 is 5.32 Å². The van der Waals surface area contributed by atoms with Crippen molar-refractivity contribution in [1.29, 1.82) is 0 Å². The Hall–Kier alpha value is -0.620. The number of hydrogen-bond acceptors (Lipinski definition) is 1. The van der Waals surface area contributed by atoms with E-state index < -0.39 is 12.5 Å². The monoisotopic (exact) mass is 161 g/mol. The molecule has 0 aromatic rings. The molecule has 0 aliphatic rings. The maximum Gasteiger partial charge on any atom is 0.253 e. The molecule has 0 amide bonds. The van der Waals surface area contributed by atoms with Crippen molar-refractivity contribution in [3.63, 3.8) is 0 Å². The van der Waals surface area contributed by atoms with Gasteiger partial charge in [-0.3, -0.25) is 0 Å². The summed E-state index contributed by atoms with van der Waals surface area (Å²) in [5.74, 6) is 2.41. The van der Waals surface area contributed by atoms with Crippen molar-refractivity contribution >= 4 is 0 Å². The summed E-state index contributed by atoms with van der Waals surface area (Å²) >= 11 is 0. The number of rotatable bonds is 5. The van der Waals surface area contributed by atoms with E-state index in [2.05, 4.69) is 11.2 Å². The fourth-order valence-electron chi connectivity index (χ4n) is 0.820. The SMILES string of the molecule is C#CCCCC(NC)C(F)F. The zero-order valence-electron chi connectivity index (χ0n) is 6.61. The molecule has 0 aromatic carbocycles. The summed E-state index contributed by atoms with van der Waals surface area (Å²) < 4.78 is 24.0. The summed E-state index contributed by atoms with van der Waals surface area (Å²) in [4.78, 5) is 0. The largest absolute Gasteiger partial charge is 0.312 e. The molecule has 0 saturated carbocycles. The first kappa shape index (κ1) is 10.4. The molecule has 1 N–H and O–H groups in total. The molecular weight excluding hydrogens is 148 g/mol. The van der Waals surface area contributed by atoms with Crippen molar-refractivity contribution in [2.24, 2.45) is 0 Å². The highest BCUT2D eigenvalue weighted by atomic mass is 19.3.